The van der Waals surface area contributed by atoms with Gasteiger partial charge in [-0.05, 0) is 0 Å². The van der Waals surface area contributed by atoms with E-state index in [2.05, 4.69) is 35.3 Å². The molecule has 17 nitrogen and oxygen atoms in total. The SMILES string of the molecule is CO/N=C(\C(=O)N[C@H]1C(=O)N(S(=O)(=O)[O-])[C@H]1COC(=O)/C(=N\OC)c1csc(N)n1)c1csc(N)n1.[Na+]. The maximum atomic E-state index is 12.8. The molecule has 2 aromatic heterocycles. The van der Waals surface area contributed by atoms with E-state index in [1.54, 1.807) is 0 Å². The van der Waals surface area contributed by atoms with Gasteiger partial charge in [-0.2, -0.15) is 0 Å². The standard InChI is InChI=1S/C16H18N8O9S3.Na/c1-31-22-9(6-4-34-15(17)19-6)12(25)21-11-8(24(13(11)26)36(28,29)30)3-33-14(27)10(23-32-2)7-5-35-16(18)20-7;/h4-5,8,11H,3H2,1-2H3,(H2,17,19)(H2,18,20)(H,21,25)(H,28,29,30);/q;+1/p-1/b22-9-,23-10-;/t8-,11+;/m0./s1. The molecule has 1 fully saturated rings. The number of carbonyl (C=O) groups is 3. The number of nitrogens with two attached hydrogens (primary N) is 2. The van der Waals surface area contributed by atoms with Crippen LogP contribution in [0.2, 0.25) is 0 Å². The summed E-state index contributed by atoms with van der Waals surface area (Å²) in [6, 6.07) is -3.16. The maximum absolute atomic E-state index is 12.8. The minimum atomic E-state index is -5.31. The fraction of sp³-hybridized carbons (Fsp3) is 0.312. The fourth-order valence-corrected chi connectivity index (χ4v) is 4.87. The molecule has 3 heterocycles. The van der Waals surface area contributed by atoms with Crippen LogP contribution in [0.5, 0.6) is 0 Å². The molecule has 2 amide bonds. The van der Waals surface area contributed by atoms with Crippen LogP contribution in [-0.4, -0.2) is 89.4 Å². The first-order valence-corrected chi connectivity index (χ1v) is 12.5. The van der Waals surface area contributed by atoms with Crippen LogP contribution in [0.4, 0.5) is 10.3 Å². The predicted octanol–water partition coefficient (Wildman–Crippen LogP) is -5.13. The summed E-state index contributed by atoms with van der Waals surface area (Å²) in [5, 5.41) is 12.3. The van der Waals surface area contributed by atoms with Gasteiger partial charge in [0.05, 0.1) is 0 Å². The molecule has 21 heteroatoms. The summed E-state index contributed by atoms with van der Waals surface area (Å²) in [6.07, 6.45) is 0. The van der Waals surface area contributed by atoms with Gasteiger partial charge in [0.1, 0.15) is 44.3 Å². The fourth-order valence-electron chi connectivity index (χ4n) is 2.92. The van der Waals surface area contributed by atoms with Crippen molar-refractivity contribution in [3.63, 3.8) is 0 Å². The van der Waals surface area contributed by atoms with Gasteiger partial charge in [-0.3, -0.25) is 9.59 Å². The molecule has 0 aliphatic carbocycles. The number of nitrogen functional groups attached to an aromatic ring is 2. The van der Waals surface area contributed by atoms with Crippen LogP contribution in [0.25, 0.3) is 0 Å². The number of nitrogens with one attached hydrogen (secondary N) is 1. The Hall–Kier alpha value is -2.88. The molecule has 1 aliphatic heterocycles. The molecule has 194 valence electrons. The van der Waals surface area contributed by atoms with Gasteiger partial charge in [0, 0.05) is 10.8 Å². The summed E-state index contributed by atoms with van der Waals surface area (Å²) in [5.41, 5.74) is 10.3. The van der Waals surface area contributed by atoms with Gasteiger partial charge in [-0.15, -0.1) is 22.7 Å². The number of hydrogen-bond donors (Lipinski definition) is 3. The topological polar surface area (TPSA) is 254 Å². The number of ether oxygens (including phenoxy) is 1. The predicted molar refractivity (Wildman–Crippen MR) is 123 cm³/mol. The zero-order valence-corrected chi connectivity index (χ0v) is 23.8. The minimum Gasteiger partial charge on any atom is -0.731 e. The number of thiazole rings is 2. The van der Waals surface area contributed by atoms with Crippen molar-refractivity contribution in [2.75, 3.05) is 32.3 Å². The molecular weight excluding hydrogens is 567 g/mol. The van der Waals surface area contributed by atoms with Gasteiger partial charge in [0.25, 0.3) is 11.8 Å². The summed E-state index contributed by atoms with van der Waals surface area (Å²) in [6.45, 7) is -0.820. The summed E-state index contributed by atoms with van der Waals surface area (Å²) in [5.74, 6) is -3.39. The molecule has 0 saturated carbocycles. The Morgan fingerprint density at radius 1 is 1.11 bits per heavy atom. The molecule has 2 aromatic rings. The monoisotopic (exact) mass is 584 g/mol. The molecule has 1 aliphatic rings. The molecular formula is C16H17N8NaO9S3. The van der Waals surface area contributed by atoms with E-state index in [4.69, 9.17) is 16.2 Å². The minimum absolute atomic E-state index is 0. The summed E-state index contributed by atoms with van der Waals surface area (Å²) >= 11 is 2.00. The van der Waals surface area contributed by atoms with Crippen molar-refractivity contribution < 1.29 is 71.3 Å². The van der Waals surface area contributed by atoms with Crippen molar-refractivity contribution in [1.82, 2.24) is 19.6 Å². The third-order valence-corrected chi connectivity index (χ3v) is 6.66. The average molecular weight is 585 g/mol. The third-order valence-electron chi connectivity index (χ3n) is 4.38. The number of amides is 2. The molecule has 5 N–H and O–H groups in total. The number of hydrogen-bond acceptors (Lipinski definition) is 17. The maximum Gasteiger partial charge on any atom is 1.00 e. The molecule has 0 aromatic carbocycles. The van der Waals surface area contributed by atoms with Crippen molar-refractivity contribution in [3.05, 3.63) is 22.1 Å². The first-order valence-electron chi connectivity index (χ1n) is 9.40. The Balaban J connectivity index is 0.00000481. The van der Waals surface area contributed by atoms with E-state index >= 15 is 0 Å². The van der Waals surface area contributed by atoms with Gasteiger partial charge in [0.2, 0.25) is 5.71 Å². The van der Waals surface area contributed by atoms with E-state index < -0.39 is 52.5 Å². The van der Waals surface area contributed by atoms with E-state index in [0.717, 1.165) is 36.9 Å². The average Bonchev–Trinajstić information content (AvgIpc) is 3.43. The summed E-state index contributed by atoms with van der Waals surface area (Å²) in [7, 11) is -3.01. The zero-order valence-electron chi connectivity index (χ0n) is 19.3. The number of esters is 1. The van der Waals surface area contributed by atoms with Crippen LogP contribution in [0.3, 0.4) is 0 Å². The first-order chi connectivity index (χ1) is 17.0. The van der Waals surface area contributed by atoms with Gasteiger partial charge in [-0.25, -0.2) is 27.5 Å². The van der Waals surface area contributed by atoms with Crippen molar-refractivity contribution in [3.8, 4) is 0 Å². The van der Waals surface area contributed by atoms with Crippen molar-refractivity contribution >= 4 is 72.4 Å². The van der Waals surface area contributed by atoms with Gasteiger partial charge >= 0.3 is 35.5 Å². The molecule has 0 radical (unpaired) electrons. The van der Waals surface area contributed by atoms with E-state index in [1.165, 1.54) is 10.8 Å². The van der Waals surface area contributed by atoms with Gasteiger partial charge in [0.15, 0.2) is 26.3 Å². The van der Waals surface area contributed by atoms with Crippen LogP contribution in [0.1, 0.15) is 11.4 Å². The smallest absolute Gasteiger partial charge is 0.731 e. The molecule has 2 atom stereocenters. The van der Waals surface area contributed by atoms with Crippen LogP contribution in [0, 0.1) is 0 Å². The van der Waals surface area contributed by atoms with Crippen LogP contribution >= 0.6 is 22.7 Å². The Labute approximate surface area is 239 Å². The second-order valence-electron chi connectivity index (χ2n) is 6.60. The number of β-lactam (4-membered cyclic amide) rings is 1. The third kappa shape index (κ3) is 6.91. The molecule has 3 rings (SSSR count). The Kier molecular flexibility index (Phi) is 10.3. The van der Waals surface area contributed by atoms with E-state index in [9.17, 15) is 27.4 Å². The second-order valence-corrected chi connectivity index (χ2v) is 9.62. The van der Waals surface area contributed by atoms with Crippen LogP contribution in [0.15, 0.2) is 21.1 Å². The Morgan fingerprint density at radius 2 is 1.62 bits per heavy atom. The summed E-state index contributed by atoms with van der Waals surface area (Å²) in [4.78, 5) is 54.7. The Bertz CT molecular complexity index is 1340. The number of rotatable bonds is 10. The number of carbonyl (C=O) groups excluding carboxylic acids is 3. The molecule has 37 heavy (non-hydrogen) atoms. The van der Waals surface area contributed by atoms with E-state index in [1.807, 2.05) is 0 Å². The quantitative estimate of drug-likeness (QED) is 0.0590. The molecule has 0 unspecified atom stereocenters. The van der Waals surface area contributed by atoms with E-state index in [0.29, 0.717) is 0 Å². The molecule has 0 bridgehead atoms. The number of oxime groups is 2. The molecule has 0 spiro atoms. The Morgan fingerprint density at radius 3 is 2.08 bits per heavy atom. The van der Waals surface area contributed by atoms with E-state index in [-0.39, 0.29) is 61.2 Å². The number of anilines is 2. The van der Waals surface area contributed by atoms with Crippen molar-refractivity contribution in [1.29, 1.82) is 0 Å². The zero-order chi connectivity index (χ0) is 26.6. The summed E-state index contributed by atoms with van der Waals surface area (Å²) < 4.78 is 39.8. The van der Waals surface area contributed by atoms with Crippen molar-refractivity contribution in [2.45, 2.75) is 12.1 Å². The van der Waals surface area contributed by atoms with Crippen LogP contribution < -0.4 is 46.3 Å². The number of aromatic nitrogens is 2. The van der Waals surface area contributed by atoms with Crippen LogP contribution in [-0.2, 0) is 39.1 Å². The number of nitrogens with zero attached hydrogens (tertiary/aromatic N) is 5. The molecule has 1 saturated heterocycles. The van der Waals surface area contributed by atoms with Gasteiger partial charge < -0.3 is 35.7 Å². The van der Waals surface area contributed by atoms with Gasteiger partial charge in [-0.1, -0.05) is 10.3 Å². The normalized spacial score (nSPS) is 17.9. The largest absolute Gasteiger partial charge is 1.00 e. The van der Waals surface area contributed by atoms with Crippen molar-refractivity contribution in [2.24, 2.45) is 10.3 Å². The first kappa shape index (κ1) is 30.3. The second kappa shape index (κ2) is 12.6.